The zero-order valence-corrected chi connectivity index (χ0v) is 10.5. The van der Waals surface area contributed by atoms with Crippen LogP contribution >= 0.6 is 0 Å². The summed E-state index contributed by atoms with van der Waals surface area (Å²) in [7, 11) is 0. The van der Waals surface area contributed by atoms with E-state index in [1.165, 1.54) is 6.07 Å². The fraction of sp³-hybridized carbons (Fsp3) is 0.308. The number of anilines is 1. The molecule has 0 atom stereocenters. The Hall–Kier alpha value is -2.11. The van der Waals surface area contributed by atoms with Crippen LogP contribution in [0.2, 0.25) is 0 Å². The van der Waals surface area contributed by atoms with Gasteiger partial charge < -0.3 is 10.1 Å². The Kier molecular flexibility index (Phi) is 4.33. The van der Waals surface area contributed by atoms with Crippen molar-refractivity contribution in [3.63, 3.8) is 0 Å². The Labute approximate surface area is 109 Å². The van der Waals surface area contributed by atoms with Crippen LogP contribution in [0.25, 0.3) is 11.3 Å². The minimum absolute atomic E-state index is 0.130. The Morgan fingerprint density at radius 2 is 2.21 bits per heavy atom. The van der Waals surface area contributed by atoms with E-state index in [1.54, 1.807) is 18.2 Å². The van der Waals surface area contributed by atoms with E-state index in [0.29, 0.717) is 0 Å². The predicted molar refractivity (Wildman–Crippen MR) is 69.4 cm³/mol. The molecule has 0 aliphatic heterocycles. The van der Waals surface area contributed by atoms with Crippen molar-refractivity contribution < 1.29 is 13.5 Å². The molecule has 6 heteroatoms. The number of nitrogens with one attached hydrogen (secondary N) is 2. The van der Waals surface area contributed by atoms with Crippen LogP contribution in [0.4, 0.5) is 14.6 Å². The van der Waals surface area contributed by atoms with Gasteiger partial charge in [0.1, 0.15) is 11.6 Å². The van der Waals surface area contributed by atoms with Crippen molar-refractivity contribution in [2.75, 3.05) is 11.9 Å². The molecule has 0 radical (unpaired) electrons. The van der Waals surface area contributed by atoms with Crippen LogP contribution in [-0.4, -0.2) is 23.4 Å². The fourth-order valence-corrected chi connectivity index (χ4v) is 1.65. The molecule has 0 saturated heterocycles. The number of aromatic amines is 1. The molecular weight excluding hydrogens is 252 g/mol. The lowest BCUT2D eigenvalue weighted by Crippen LogP contribution is -2.01. The fourth-order valence-electron chi connectivity index (χ4n) is 1.65. The Morgan fingerprint density at radius 3 is 2.95 bits per heavy atom. The van der Waals surface area contributed by atoms with Gasteiger partial charge in [0.25, 0.3) is 0 Å². The normalized spacial score (nSPS) is 10.7. The number of nitrogens with zero attached hydrogens (tertiary/aromatic N) is 1. The van der Waals surface area contributed by atoms with Crippen molar-refractivity contribution in [3.8, 4) is 17.0 Å². The molecule has 1 aromatic carbocycles. The summed E-state index contributed by atoms with van der Waals surface area (Å²) in [6, 6.07) is 8.32. The molecule has 0 spiro atoms. The summed E-state index contributed by atoms with van der Waals surface area (Å²) >= 11 is 0. The standard InChI is InChI=1S/C13H15F2N3O/c1-2-6-16-12-8-11(17-18-12)9-4-3-5-10(7-9)19-13(14)15/h3-5,7-8,13H,2,6H2,1H3,(H2,16,17,18). The lowest BCUT2D eigenvalue weighted by molar-refractivity contribution is -0.0498. The van der Waals surface area contributed by atoms with Crippen molar-refractivity contribution in [1.82, 2.24) is 10.2 Å². The third-order valence-electron chi connectivity index (χ3n) is 2.50. The van der Waals surface area contributed by atoms with Gasteiger partial charge in [-0.15, -0.1) is 0 Å². The first-order valence-electron chi connectivity index (χ1n) is 6.03. The Morgan fingerprint density at radius 1 is 1.37 bits per heavy atom. The van der Waals surface area contributed by atoms with Gasteiger partial charge >= 0.3 is 6.61 Å². The minimum Gasteiger partial charge on any atom is -0.435 e. The van der Waals surface area contributed by atoms with Gasteiger partial charge in [-0.1, -0.05) is 19.1 Å². The number of hydrogen-bond donors (Lipinski definition) is 2. The number of alkyl halides is 2. The first-order chi connectivity index (χ1) is 9.19. The highest BCUT2D eigenvalue weighted by Gasteiger charge is 2.07. The Bertz CT molecular complexity index is 528. The molecule has 0 aliphatic rings. The number of H-pyrrole nitrogens is 1. The van der Waals surface area contributed by atoms with Gasteiger partial charge in [-0.05, 0) is 18.6 Å². The van der Waals surface area contributed by atoms with Gasteiger partial charge in [0.2, 0.25) is 0 Å². The highest BCUT2D eigenvalue weighted by atomic mass is 19.3. The summed E-state index contributed by atoms with van der Waals surface area (Å²) in [5, 5.41) is 10.1. The van der Waals surface area contributed by atoms with E-state index < -0.39 is 6.61 Å². The van der Waals surface area contributed by atoms with Gasteiger partial charge in [-0.25, -0.2) is 0 Å². The molecule has 102 valence electrons. The third kappa shape index (κ3) is 3.67. The summed E-state index contributed by atoms with van der Waals surface area (Å²) in [5.41, 5.74) is 1.49. The van der Waals surface area contributed by atoms with E-state index in [2.05, 4.69) is 27.2 Å². The summed E-state index contributed by atoms with van der Waals surface area (Å²) in [6.07, 6.45) is 1.000. The maximum Gasteiger partial charge on any atom is 0.387 e. The van der Waals surface area contributed by atoms with Gasteiger partial charge in [-0.3, -0.25) is 5.10 Å². The first kappa shape index (κ1) is 13.3. The number of aromatic nitrogens is 2. The van der Waals surface area contributed by atoms with Crippen LogP contribution in [0.1, 0.15) is 13.3 Å². The molecule has 0 fully saturated rings. The van der Waals surface area contributed by atoms with Gasteiger partial charge in [-0.2, -0.15) is 13.9 Å². The van der Waals surface area contributed by atoms with Crippen LogP contribution in [0.3, 0.4) is 0 Å². The first-order valence-corrected chi connectivity index (χ1v) is 6.03. The number of benzene rings is 1. The quantitative estimate of drug-likeness (QED) is 0.842. The zero-order valence-electron chi connectivity index (χ0n) is 10.5. The van der Waals surface area contributed by atoms with Crippen LogP contribution in [-0.2, 0) is 0 Å². The van der Waals surface area contributed by atoms with Crippen LogP contribution in [0.5, 0.6) is 5.75 Å². The number of ether oxygens (including phenoxy) is 1. The van der Waals surface area contributed by atoms with Crippen LogP contribution in [0.15, 0.2) is 30.3 Å². The highest BCUT2D eigenvalue weighted by molar-refractivity contribution is 5.64. The smallest absolute Gasteiger partial charge is 0.387 e. The van der Waals surface area contributed by atoms with Crippen LogP contribution < -0.4 is 10.1 Å². The lowest BCUT2D eigenvalue weighted by atomic mass is 10.1. The topological polar surface area (TPSA) is 49.9 Å². The highest BCUT2D eigenvalue weighted by Crippen LogP contribution is 2.24. The molecule has 19 heavy (non-hydrogen) atoms. The van der Waals surface area contributed by atoms with Crippen molar-refractivity contribution >= 4 is 5.82 Å². The molecule has 0 amide bonds. The SMILES string of the molecule is CCCNc1cc(-c2cccc(OC(F)F)c2)[nH]n1. The monoisotopic (exact) mass is 267 g/mol. The van der Waals surface area contributed by atoms with Crippen LogP contribution in [0, 0.1) is 0 Å². The molecule has 1 aromatic heterocycles. The van der Waals surface area contributed by atoms with Crippen molar-refractivity contribution in [3.05, 3.63) is 30.3 Å². The molecule has 0 unspecified atom stereocenters. The molecule has 4 nitrogen and oxygen atoms in total. The second-order valence-corrected chi connectivity index (χ2v) is 4.00. The van der Waals surface area contributed by atoms with E-state index >= 15 is 0 Å². The van der Waals surface area contributed by atoms with Gasteiger partial charge in [0.05, 0.1) is 5.69 Å². The van der Waals surface area contributed by atoms with Crippen molar-refractivity contribution in [2.45, 2.75) is 20.0 Å². The second kappa shape index (κ2) is 6.17. The van der Waals surface area contributed by atoms with E-state index in [9.17, 15) is 8.78 Å². The average molecular weight is 267 g/mol. The molecule has 1 heterocycles. The van der Waals surface area contributed by atoms with Crippen molar-refractivity contribution in [1.29, 1.82) is 0 Å². The Balaban J connectivity index is 2.14. The molecular formula is C13H15F2N3O. The number of rotatable bonds is 6. The minimum atomic E-state index is -2.82. The van der Waals surface area contributed by atoms with Gasteiger partial charge in [0, 0.05) is 18.2 Å². The summed E-state index contributed by atoms with van der Waals surface area (Å²) < 4.78 is 28.7. The number of halogens is 2. The van der Waals surface area contributed by atoms with E-state index in [0.717, 1.165) is 30.0 Å². The second-order valence-electron chi connectivity index (χ2n) is 4.00. The molecule has 2 aromatic rings. The van der Waals surface area contributed by atoms with E-state index in [4.69, 9.17) is 0 Å². The third-order valence-corrected chi connectivity index (χ3v) is 2.50. The van der Waals surface area contributed by atoms with Gasteiger partial charge in [0.15, 0.2) is 0 Å². The molecule has 0 saturated carbocycles. The van der Waals surface area contributed by atoms with E-state index in [-0.39, 0.29) is 5.75 Å². The predicted octanol–water partition coefficient (Wildman–Crippen LogP) is 3.50. The molecule has 2 rings (SSSR count). The van der Waals surface area contributed by atoms with Crippen molar-refractivity contribution in [2.24, 2.45) is 0 Å². The summed E-state index contributed by atoms with van der Waals surface area (Å²) in [4.78, 5) is 0. The molecule has 0 aliphatic carbocycles. The summed E-state index contributed by atoms with van der Waals surface area (Å²) in [6.45, 7) is 0.0728. The maximum absolute atomic E-state index is 12.1. The van der Waals surface area contributed by atoms with E-state index in [1.807, 2.05) is 6.07 Å². The number of hydrogen-bond acceptors (Lipinski definition) is 3. The largest absolute Gasteiger partial charge is 0.435 e. The maximum atomic E-state index is 12.1. The zero-order chi connectivity index (χ0) is 13.7. The lowest BCUT2D eigenvalue weighted by Gasteiger charge is -2.05. The molecule has 0 bridgehead atoms. The summed E-state index contributed by atoms with van der Waals surface area (Å²) in [5.74, 6) is 0.863. The average Bonchev–Trinajstić information content (AvgIpc) is 2.84. The molecule has 2 N–H and O–H groups in total.